The van der Waals surface area contributed by atoms with E-state index in [9.17, 15) is 4.79 Å². The normalized spacial score (nSPS) is 15.3. The Balaban J connectivity index is 1.40. The molecular weight excluding hydrogens is 370 g/mol. The van der Waals surface area contributed by atoms with Crippen molar-refractivity contribution < 1.29 is 9.53 Å². The minimum Gasteiger partial charge on any atom is -0.379 e. The molecule has 1 aliphatic heterocycles. The molecule has 1 fully saturated rings. The second-order valence-corrected chi connectivity index (χ2v) is 7.97. The first-order valence-corrected chi connectivity index (χ1v) is 10.2. The van der Waals surface area contributed by atoms with Crippen LogP contribution in [-0.4, -0.2) is 42.1 Å². The molecule has 0 radical (unpaired) electrons. The van der Waals surface area contributed by atoms with Crippen molar-refractivity contribution >= 4 is 38.7 Å². The highest BCUT2D eigenvalue weighted by atomic mass is 32.1. The van der Waals surface area contributed by atoms with E-state index < -0.39 is 0 Å². The number of carbonyl (C=O) groups is 1. The minimum atomic E-state index is -0.173. The predicted molar refractivity (Wildman–Crippen MR) is 115 cm³/mol. The molecule has 1 N–H and O–H groups in total. The van der Waals surface area contributed by atoms with Crippen LogP contribution < -0.4 is 5.32 Å². The van der Waals surface area contributed by atoms with Gasteiger partial charge < -0.3 is 4.74 Å². The summed E-state index contributed by atoms with van der Waals surface area (Å²) in [4.78, 5) is 19.1. The highest BCUT2D eigenvalue weighted by Gasteiger charge is 2.12. The van der Waals surface area contributed by atoms with E-state index in [-0.39, 0.29) is 5.91 Å². The molecule has 0 bridgehead atoms. The summed E-state index contributed by atoms with van der Waals surface area (Å²) in [7, 11) is 0. The molecule has 2 aromatic carbocycles. The van der Waals surface area contributed by atoms with Crippen LogP contribution in [0.15, 0.2) is 48.5 Å². The summed E-state index contributed by atoms with van der Waals surface area (Å²) in [6.07, 6.45) is 3.35. The lowest BCUT2D eigenvalue weighted by atomic mass is 10.1. The number of ether oxygens (including phenoxy) is 1. The fourth-order valence-electron chi connectivity index (χ4n) is 3.13. The summed E-state index contributed by atoms with van der Waals surface area (Å²) in [5.41, 5.74) is 4.37. The van der Waals surface area contributed by atoms with E-state index in [2.05, 4.69) is 27.3 Å². The van der Waals surface area contributed by atoms with Crippen LogP contribution >= 0.6 is 11.3 Å². The van der Waals surface area contributed by atoms with Crippen LogP contribution in [0.1, 0.15) is 16.7 Å². The van der Waals surface area contributed by atoms with Crippen LogP contribution in [0.2, 0.25) is 0 Å². The number of morpholine rings is 1. The van der Waals surface area contributed by atoms with Gasteiger partial charge in [-0.05, 0) is 36.3 Å². The number of thiazole rings is 1. The zero-order valence-corrected chi connectivity index (χ0v) is 16.7. The van der Waals surface area contributed by atoms with Crippen LogP contribution in [-0.2, 0) is 16.1 Å². The van der Waals surface area contributed by atoms with Crippen LogP contribution in [0.5, 0.6) is 0 Å². The third-order valence-corrected chi connectivity index (χ3v) is 5.63. The quantitative estimate of drug-likeness (QED) is 0.664. The largest absolute Gasteiger partial charge is 0.379 e. The number of rotatable bonds is 5. The van der Waals surface area contributed by atoms with Gasteiger partial charge in [0.05, 0.1) is 23.4 Å². The Bertz CT molecular complexity index is 989. The number of benzene rings is 2. The maximum absolute atomic E-state index is 12.2. The Labute approximate surface area is 168 Å². The molecule has 1 aromatic heterocycles. The summed E-state index contributed by atoms with van der Waals surface area (Å²) >= 11 is 1.51. The number of amides is 1. The van der Waals surface area contributed by atoms with Gasteiger partial charge in [-0.2, -0.15) is 0 Å². The Morgan fingerprint density at radius 2 is 2.00 bits per heavy atom. The lowest BCUT2D eigenvalue weighted by Gasteiger charge is -2.26. The Hall–Kier alpha value is -2.54. The molecule has 2 heterocycles. The summed E-state index contributed by atoms with van der Waals surface area (Å²) in [5, 5.41) is 3.49. The highest BCUT2D eigenvalue weighted by Crippen LogP contribution is 2.27. The number of aryl methyl sites for hydroxylation is 1. The minimum absolute atomic E-state index is 0.173. The van der Waals surface area contributed by atoms with E-state index in [1.165, 1.54) is 22.5 Å². The van der Waals surface area contributed by atoms with Crippen LogP contribution in [0, 0.1) is 6.92 Å². The summed E-state index contributed by atoms with van der Waals surface area (Å²) < 4.78 is 6.49. The van der Waals surface area contributed by atoms with Gasteiger partial charge in [-0.1, -0.05) is 47.2 Å². The van der Waals surface area contributed by atoms with E-state index in [1.807, 2.05) is 43.3 Å². The van der Waals surface area contributed by atoms with Gasteiger partial charge in [-0.3, -0.25) is 15.0 Å². The fourth-order valence-corrected chi connectivity index (χ4v) is 4.07. The number of hydrogen-bond donors (Lipinski definition) is 1. The van der Waals surface area contributed by atoms with Crippen molar-refractivity contribution in [3.05, 3.63) is 65.2 Å². The van der Waals surface area contributed by atoms with E-state index in [4.69, 9.17) is 4.74 Å². The standard InChI is InChI=1S/C22H23N3O2S/c1-16-2-4-17(5-3-16)7-9-21(26)24-22-23-19-8-6-18(14-20(19)28-22)15-25-10-12-27-13-11-25/h2-9,14H,10-13,15H2,1H3,(H,23,24,26)/b9-7+. The molecule has 0 aliphatic carbocycles. The lowest BCUT2D eigenvalue weighted by Crippen LogP contribution is -2.35. The Kier molecular flexibility index (Phi) is 5.81. The SMILES string of the molecule is Cc1ccc(/C=C/C(=O)Nc2nc3ccc(CN4CCOCC4)cc3s2)cc1. The van der Waals surface area contributed by atoms with Crippen molar-refractivity contribution in [1.29, 1.82) is 0 Å². The second-order valence-electron chi connectivity index (χ2n) is 6.94. The van der Waals surface area contributed by atoms with Crippen molar-refractivity contribution in [3.8, 4) is 0 Å². The molecular formula is C22H23N3O2S. The topological polar surface area (TPSA) is 54.5 Å². The molecule has 4 rings (SSSR count). The maximum atomic E-state index is 12.2. The van der Waals surface area contributed by atoms with Crippen LogP contribution in [0.3, 0.4) is 0 Å². The second kappa shape index (κ2) is 8.65. The first-order chi connectivity index (χ1) is 13.7. The van der Waals surface area contributed by atoms with Gasteiger partial charge in [-0.25, -0.2) is 4.98 Å². The first kappa shape index (κ1) is 18.8. The predicted octanol–water partition coefficient (Wildman–Crippen LogP) is 4.09. The van der Waals surface area contributed by atoms with Crippen molar-refractivity contribution in [1.82, 2.24) is 9.88 Å². The molecule has 144 valence electrons. The highest BCUT2D eigenvalue weighted by molar-refractivity contribution is 7.22. The number of fused-ring (bicyclic) bond motifs is 1. The zero-order valence-electron chi connectivity index (χ0n) is 15.9. The Morgan fingerprint density at radius 1 is 1.21 bits per heavy atom. The molecule has 5 nitrogen and oxygen atoms in total. The van der Waals surface area contributed by atoms with Gasteiger partial charge in [0, 0.05) is 25.7 Å². The maximum Gasteiger partial charge on any atom is 0.250 e. The fraction of sp³-hybridized carbons (Fsp3) is 0.273. The van der Waals surface area contributed by atoms with Gasteiger partial charge >= 0.3 is 0 Å². The van der Waals surface area contributed by atoms with E-state index in [1.54, 1.807) is 6.08 Å². The Morgan fingerprint density at radius 3 is 2.79 bits per heavy atom. The third-order valence-electron chi connectivity index (χ3n) is 4.70. The molecule has 6 heteroatoms. The van der Waals surface area contributed by atoms with Gasteiger partial charge in [0.25, 0.3) is 0 Å². The molecule has 1 amide bonds. The van der Waals surface area contributed by atoms with Gasteiger partial charge in [0.1, 0.15) is 0 Å². The molecule has 1 saturated heterocycles. The summed E-state index contributed by atoms with van der Waals surface area (Å²) in [6.45, 7) is 6.49. The molecule has 28 heavy (non-hydrogen) atoms. The first-order valence-electron chi connectivity index (χ1n) is 9.41. The smallest absolute Gasteiger partial charge is 0.250 e. The van der Waals surface area contributed by atoms with Crippen molar-refractivity contribution in [2.24, 2.45) is 0 Å². The molecule has 0 unspecified atom stereocenters. The lowest BCUT2D eigenvalue weighted by molar-refractivity contribution is -0.111. The van der Waals surface area contributed by atoms with Gasteiger partial charge in [-0.15, -0.1) is 0 Å². The average Bonchev–Trinajstić information content (AvgIpc) is 3.10. The number of anilines is 1. The molecule has 0 spiro atoms. The van der Waals surface area contributed by atoms with Gasteiger partial charge in [0.2, 0.25) is 5.91 Å². The number of nitrogens with one attached hydrogen (secondary N) is 1. The number of nitrogens with zero attached hydrogens (tertiary/aromatic N) is 2. The number of hydrogen-bond acceptors (Lipinski definition) is 5. The molecule has 1 aliphatic rings. The molecule has 0 saturated carbocycles. The summed E-state index contributed by atoms with van der Waals surface area (Å²) in [5.74, 6) is -0.173. The van der Waals surface area contributed by atoms with Gasteiger partial charge in [0.15, 0.2) is 5.13 Å². The average molecular weight is 394 g/mol. The monoisotopic (exact) mass is 393 g/mol. The zero-order chi connectivity index (χ0) is 19.3. The number of aromatic nitrogens is 1. The number of carbonyl (C=O) groups excluding carboxylic acids is 1. The van der Waals surface area contributed by atoms with E-state index in [0.717, 1.165) is 48.6 Å². The van der Waals surface area contributed by atoms with Crippen LogP contribution in [0.4, 0.5) is 5.13 Å². The molecule has 3 aromatic rings. The van der Waals surface area contributed by atoms with E-state index >= 15 is 0 Å². The van der Waals surface area contributed by atoms with E-state index in [0.29, 0.717) is 5.13 Å². The van der Waals surface area contributed by atoms with Crippen LogP contribution in [0.25, 0.3) is 16.3 Å². The molecule has 0 atom stereocenters. The third kappa shape index (κ3) is 4.84. The summed E-state index contributed by atoms with van der Waals surface area (Å²) in [6, 6.07) is 14.3. The van der Waals surface area contributed by atoms with Crippen molar-refractivity contribution in [3.63, 3.8) is 0 Å². The van der Waals surface area contributed by atoms with Crippen molar-refractivity contribution in [2.75, 3.05) is 31.6 Å². The van der Waals surface area contributed by atoms with Crippen molar-refractivity contribution in [2.45, 2.75) is 13.5 Å².